The molecule has 16 heavy (non-hydrogen) atoms. The molecule has 9 heteroatoms. The third kappa shape index (κ3) is 2.65. The van der Waals surface area contributed by atoms with Gasteiger partial charge in [0.15, 0.2) is 4.47 Å². The molecule has 1 aromatic heterocycles. The van der Waals surface area contributed by atoms with Crippen molar-refractivity contribution >= 4 is 28.9 Å². The third-order valence-electron chi connectivity index (χ3n) is 1.89. The Morgan fingerprint density at radius 1 is 1.75 bits per heavy atom. The van der Waals surface area contributed by atoms with E-state index in [4.69, 9.17) is 16.3 Å². The van der Waals surface area contributed by atoms with Crippen LogP contribution in [-0.4, -0.2) is 29.3 Å². The van der Waals surface area contributed by atoms with Gasteiger partial charge in [-0.05, 0) is 0 Å². The lowest BCUT2D eigenvalue weighted by Crippen LogP contribution is -2.48. The van der Waals surface area contributed by atoms with Crippen LogP contribution in [0.5, 0.6) is 0 Å². The number of hydrogen-bond donors (Lipinski definition) is 1. The molecule has 86 valence electrons. The van der Waals surface area contributed by atoms with Crippen molar-refractivity contribution in [1.29, 1.82) is 0 Å². The molecule has 2 rings (SSSR count). The summed E-state index contributed by atoms with van der Waals surface area (Å²) in [6, 6.07) is 0. The predicted molar refractivity (Wildman–Crippen MR) is 59.9 cm³/mol. The molecule has 1 saturated heterocycles. The smallest absolute Gasteiger partial charge is 0.226 e. The second kappa shape index (κ2) is 5.19. The highest BCUT2D eigenvalue weighted by atomic mass is 35.5. The fourth-order valence-corrected chi connectivity index (χ4v) is 2.24. The highest BCUT2D eigenvalue weighted by molar-refractivity contribution is 7.15. The Bertz CT molecular complexity index is 409. The van der Waals surface area contributed by atoms with Crippen molar-refractivity contribution in [1.82, 2.24) is 15.2 Å². The summed E-state index contributed by atoms with van der Waals surface area (Å²) in [6.45, 7) is 1.18. The Balaban J connectivity index is 2.06. The number of hydrogen-bond acceptors (Lipinski definition) is 5. The van der Waals surface area contributed by atoms with Gasteiger partial charge in [0, 0.05) is 11.1 Å². The maximum atomic E-state index is 10.1. The van der Waals surface area contributed by atoms with Crippen LogP contribution in [0.2, 0.25) is 4.47 Å². The van der Waals surface area contributed by atoms with Gasteiger partial charge in [-0.2, -0.15) is 0 Å². The summed E-state index contributed by atoms with van der Waals surface area (Å²) in [5.41, 5.74) is 0. The Morgan fingerprint density at radius 3 is 3.31 bits per heavy atom. The Labute approximate surface area is 100 Å². The second-order valence-electron chi connectivity index (χ2n) is 2.94. The lowest BCUT2D eigenvalue weighted by atomic mass is 10.5. The minimum atomic E-state index is 0.314. The number of aromatic nitrogens is 1. The first-order valence-electron chi connectivity index (χ1n) is 4.36. The summed E-state index contributed by atoms with van der Waals surface area (Å²) in [4.78, 5) is 16.7. The first-order valence-corrected chi connectivity index (χ1v) is 5.56. The van der Waals surface area contributed by atoms with Gasteiger partial charge in [-0.3, -0.25) is 0 Å². The molecule has 1 aliphatic heterocycles. The topological polar surface area (TPSA) is 79.2 Å². The van der Waals surface area contributed by atoms with E-state index in [0.717, 1.165) is 4.88 Å². The maximum absolute atomic E-state index is 10.1. The number of ether oxygens (including phenoxy) is 1. The van der Waals surface area contributed by atoms with E-state index in [2.05, 4.69) is 20.7 Å². The van der Waals surface area contributed by atoms with Gasteiger partial charge in [-0.15, -0.1) is 16.2 Å². The number of nitroso groups, excluding NO2 is 1. The Kier molecular flexibility index (Phi) is 3.65. The third-order valence-corrected chi connectivity index (χ3v) is 2.99. The number of guanidine groups is 1. The molecular weight excluding hydrogens is 254 g/mol. The monoisotopic (exact) mass is 261 g/mol. The van der Waals surface area contributed by atoms with E-state index in [9.17, 15) is 4.91 Å². The highest BCUT2D eigenvalue weighted by Crippen LogP contribution is 2.19. The number of nitrogens with zero attached hydrogens (tertiary/aromatic N) is 4. The van der Waals surface area contributed by atoms with Crippen LogP contribution in [-0.2, 0) is 11.3 Å². The molecule has 0 aliphatic carbocycles. The minimum Gasteiger partial charge on any atom is -0.341 e. The summed E-state index contributed by atoms with van der Waals surface area (Å²) in [6.07, 6.45) is 1.67. The molecule has 1 fully saturated rings. The van der Waals surface area contributed by atoms with Gasteiger partial charge in [0.25, 0.3) is 0 Å². The van der Waals surface area contributed by atoms with E-state index >= 15 is 0 Å². The lowest BCUT2D eigenvalue weighted by molar-refractivity contribution is 0.0297. The van der Waals surface area contributed by atoms with Gasteiger partial charge in [-0.1, -0.05) is 16.7 Å². The SMILES string of the molecule is O=N/N=C1\NCOCN1Cc1cnc(Cl)s1. The molecule has 2 heterocycles. The fourth-order valence-electron chi connectivity index (χ4n) is 1.25. The molecule has 7 nitrogen and oxygen atoms in total. The number of rotatable bonds is 3. The van der Waals surface area contributed by atoms with E-state index in [1.807, 2.05) is 0 Å². The zero-order chi connectivity index (χ0) is 11.4. The van der Waals surface area contributed by atoms with Gasteiger partial charge >= 0.3 is 0 Å². The van der Waals surface area contributed by atoms with Crippen molar-refractivity contribution in [2.24, 2.45) is 10.4 Å². The average Bonchev–Trinajstić information content (AvgIpc) is 2.67. The summed E-state index contributed by atoms with van der Waals surface area (Å²) >= 11 is 7.09. The van der Waals surface area contributed by atoms with Crippen molar-refractivity contribution in [3.63, 3.8) is 0 Å². The highest BCUT2D eigenvalue weighted by Gasteiger charge is 2.17. The summed E-state index contributed by atoms with van der Waals surface area (Å²) in [5.74, 6) is 0.394. The summed E-state index contributed by atoms with van der Waals surface area (Å²) in [5, 5.41) is 8.74. The average molecular weight is 262 g/mol. The molecule has 0 aromatic carbocycles. The maximum Gasteiger partial charge on any atom is 0.226 e. The van der Waals surface area contributed by atoms with Crippen molar-refractivity contribution in [2.75, 3.05) is 13.5 Å². The van der Waals surface area contributed by atoms with Gasteiger partial charge in [0.1, 0.15) is 13.5 Å². The molecule has 0 unspecified atom stereocenters. The molecule has 0 bridgehead atoms. The molecule has 0 atom stereocenters. The zero-order valence-electron chi connectivity index (χ0n) is 8.09. The quantitative estimate of drug-likeness (QED) is 0.653. The van der Waals surface area contributed by atoms with Crippen molar-refractivity contribution in [2.45, 2.75) is 6.54 Å². The van der Waals surface area contributed by atoms with Gasteiger partial charge < -0.3 is 15.0 Å². The van der Waals surface area contributed by atoms with Crippen LogP contribution in [0.15, 0.2) is 16.6 Å². The van der Waals surface area contributed by atoms with Crippen LogP contribution in [0.1, 0.15) is 4.88 Å². The molecule has 1 aromatic rings. The van der Waals surface area contributed by atoms with Gasteiger partial charge in [0.2, 0.25) is 5.96 Å². The molecule has 0 radical (unpaired) electrons. The minimum absolute atomic E-state index is 0.314. The standard InChI is InChI=1S/C7H8ClN5O2S/c8-6-9-1-5(16-6)2-13-4-15-3-10-7(13)11-12-14/h1H,2-4H2,(H,10,11,14). The van der Waals surface area contributed by atoms with Gasteiger partial charge in [0.05, 0.1) is 11.8 Å². The number of nitrogens with one attached hydrogen (secondary N) is 1. The van der Waals surface area contributed by atoms with E-state index in [-0.39, 0.29) is 0 Å². The summed E-state index contributed by atoms with van der Waals surface area (Å²) in [7, 11) is 0. The fraction of sp³-hybridized carbons (Fsp3) is 0.429. The number of halogens is 1. The van der Waals surface area contributed by atoms with Crippen molar-refractivity contribution in [3.8, 4) is 0 Å². The van der Waals surface area contributed by atoms with Crippen molar-refractivity contribution in [3.05, 3.63) is 20.4 Å². The predicted octanol–water partition coefficient (Wildman–Crippen LogP) is 1.17. The molecule has 1 aliphatic rings. The first-order chi connectivity index (χ1) is 7.79. The van der Waals surface area contributed by atoms with Crippen LogP contribution in [0.4, 0.5) is 0 Å². The van der Waals surface area contributed by atoms with E-state index < -0.39 is 0 Å². The van der Waals surface area contributed by atoms with Crippen LogP contribution in [0.3, 0.4) is 0 Å². The normalized spacial score (nSPS) is 18.6. The molecule has 0 spiro atoms. The zero-order valence-corrected chi connectivity index (χ0v) is 9.66. The second-order valence-corrected chi connectivity index (χ2v) is 4.63. The molecule has 0 amide bonds. The Hall–Kier alpha value is -1.25. The van der Waals surface area contributed by atoms with E-state index in [1.165, 1.54) is 11.3 Å². The lowest BCUT2D eigenvalue weighted by Gasteiger charge is -2.29. The van der Waals surface area contributed by atoms with Crippen LogP contribution < -0.4 is 5.32 Å². The van der Waals surface area contributed by atoms with E-state index in [0.29, 0.717) is 30.4 Å². The van der Waals surface area contributed by atoms with Gasteiger partial charge in [-0.25, -0.2) is 4.98 Å². The largest absolute Gasteiger partial charge is 0.341 e. The van der Waals surface area contributed by atoms with E-state index in [1.54, 1.807) is 11.1 Å². The molecule has 0 saturated carbocycles. The number of thiazole rings is 1. The molecular formula is C7H8ClN5O2S. The van der Waals surface area contributed by atoms with Crippen LogP contribution >= 0.6 is 22.9 Å². The van der Waals surface area contributed by atoms with Crippen LogP contribution in [0, 0.1) is 4.91 Å². The van der Waals surface area contributed by atoms with Crippen molar-refractivity contribution < 1.29 is 4.74 Å². The van der Waals surface area contributed by atoms with Crippen LogP contribution in [0.25, 0.3) is 0 Å². The molecule has 1 N–H and O–H groups in total. The Morgan fingerprint density at radius 2 is 2.62 bits per heavy atom. The first kappa shape index (κ1) is 11.2. The summed E-state index contributed by atoms with van der Waals surface area (Å²) < 4.78 is 5.66.